The first-order chi connectivity index (χ1) is 6.43. The van der Waals surface area contributed by atoms with Crippen molar-refractivity contribution >= 4 is 0 Å². The Kier molecular flexibility index (Phi) is 9.35. The molecule has 0 aliphatic carbocycles. The molecule has 0 amide bonds. The number of hydrogen-bond donors (Lipinski definition) is 0. The van der Waals surface area contributed by atoms with Gasteiger partial charge in [-0.15, -0.1) is 0 Å². The Bertz CT molecular complexity index is 211. The molecule has 2 heteroatoms. The van der Waals surface area contributed by atoms with Crippen LogP contribution in [0.1, 0.15) is 39.0 Å². The molecule has 14 heavy (non-hydrogen) atoms. The van der Waals surface area contributed by atoms with Crippen LogP contribution in [0.5, 0.6) is 0 Å². The zero-order valence-electron chi connectivity index (χ0n) is 8.95. The summed E-state index contributed by atoms with van der Waals surface area (Å²) in [6.07, 6.45) is 11.1. The van der Waals surface area contributed by atoms with E-state index < -0.39 is 0 Å². The largest absolute Gasteiger partial charge is 1.00 e. The van der Waals surface area contributed by atoms with Crippen molar-refractivity contribution in [1.82, 2.24) is 0 Å². The smallest absolute Gasteiger partial charge is 0.168 e. The average Bonchev–Trinajstić information content (AvgIpc) is 2.19. The van der Waals surface area contributed by atoms with Gasteiger partial charge < -0.3 is 24.0 Å². The second-order valence-corrected chi connectivity index (χ2v) is 3.53. The Morgan fingerprint density at radius 3 is 2.14 bits per heavy atom. The Hall–Kier alpha value is -0.120. The maximum atomic E-state index is 2.26. The van der Waals surface area contributed by atoms with Gasteiger partial charge in [-0.05, 0) is 6.42 Å². The Labute approximate surface area is 105 Å². The van der Waals surface area contributed by atoms with Gasteiger partial charge in [0.15, 0.2) is 12.4 Å². The van der Waals surface area contributed by atoms with Gasteiger partial charge in [-0.25, -0.2) is 4.57 Å². The third-order valence-corrected chi connectivity index (χ3v) is 2.30. The van der Waals surface area contributed by atoms with Gasteiger partial charge in [0.25, 0.3) is 0 Å². The van der Waals surface area contributed by atoms with E-state index in [1.165, 1.54) is 38.6 Å². The number of hydrogen-bond acceptors (Lipinski definition) is 0. The minimum atomic E-state index is 0. The third-order valence-electron chi connectivity index (χ3n) is 2.30. The highest BCUT2D eigenvalue weighted by Gasteiger charge is 1.96. The van der Waals surface area contributed by atoms with Crippen molar-refractivity contribution in [1.29, 1.82) is 0 Å². The summed E-state index contributed by atoms with van der Waals surface area (Å²) in [6.45, 7) is 3.43. The van der Waals surface area contributed by atoms with Crippen LogP contribution in [0.4, 0.5) is 0 Å². The van der Waals surface area contributed by atoms with Gasteiger partial charge in [0.05, 0.1) is 0 Å². The van der Waals surface area contributed by atoms with Crippen molar-refractivity contribution in [3.63, 3.8) is 0 Å². The number of unbranched alkanes of at least 4 members (excludes halogenated alkanes) is 4. The van der Waals surface area contributed by atoms with Gasteiger partial charge in [0, 0.05) is 18.6 Å². The highest BCUT2D eigenvalue weighted by atomic mass is 127. The molecule has 0 saturated carbocycles. The van der Waals surface area contributed by atoms with E-state index in [4.69, 9.17) is 0 Å². The van der Waals surface area contributed by atoms with Crippen LogP contribution in [0.15, 0.2) is 30.6 Å². The molecule has 0 unspecified atom stereocenters. The summed E-state index contributed by atoms with van der Waals surface area (Å²) in [6, 6.07) is 6.24. The van der Waals surface area contributed by atoms with Gasteiger partial charge in [-0.2, -0.15) is 0 Å². The van der Waals surface area contributed by atoms with E-state index >= 15 is 0 Å². The first-order valence-electron chi connectivity index (χ1n) is 5.37. The molecule has 1 aromatic heterocycles. The zero-order chi connectivity index (χ0) is 9.36. The SMILES string of the molecule is CCCCCCC[n+]1ccccc1.[I-]. The lowest BCUT2D eigenvalue weighted by Gasteiger charge is -1.97. The third kappa shape index (κ3) is 6.35. The monoisotopic (exact) mass is 305 g/mol. The van der Waals surface area contributed by atoms with E-state index in [1.807, 2.05) is 0 Å². The van der Waals surface area contributed by atoms with Crippen molar-refractivity contribution in [2.45, 2.75) is 45.6 Å². The van der Waals surface area contributed by atoms with Crippen LogP contribution in [-0.4, -0.2) is 0 Å². The predicted octanol–water partition coefficient (Wildman–Crippen LogP) is -0.0515. The second-order valence-electron chi connectivity index (χ2n) is 3.53. The molecule has 0 fully saturated rings. The topological polar surface area (TPSA) is 3.88 Å². The van der Waals surface area contributed by atoms with E-state index in [2.05, 4.69) is 42.1 Å². The maximum absolute atomic E-state index is 2.26. The summed E-state index contributed by atoms with van der Waals surface area (Å²) in [5, 5.41) is 0. The van der Waals surface area contributed by atoms with Crippen LogP contribution in [0.2, 0.25) is 0 Å². The molecule has 0 spiro atoms. The quantitative estimate of drug-likeness (QED) is 0.394. The maximum Gasteiger partial charge on any atom is 0.168 e. The van der Waals surface area contributed by atoms with Crippen LogP contribution < -0.4 is 28.5 Å². The fourth-order valence-corrected chi connectivity index (χ4v) is 1.48. The summed E-state index contributed by atoms with van der Waals surface area (Å²) in [5.41, 5.74) is 0. The fourth-order valence-electron chi connectivity index (χ4n) is 1.48. The Morgan fingerprint density at radius 2 is 1.50 bits per heavy atom. The second kappa shape index (κ2) is 9.44. The number of aryl methyl sites for hydroxylation is 1. The first kappa shape index (κ1) is 13.9. The lowest BCUT2D eigenvalue weighted by atomic mass is 10.1. The van der Waals surface area contributed by atoms with Crippen LogP contribution in [0.3, 0.4) is 0 Å². The van der Waals surface area contributed by atoms with E-state index in [1.54, 1.807) is 0 Å². The van der Waals surface area contributed by atoms with Crippen LogP contribution in [0, 0.1) is 0 Å². The number of halogens is 1. The van der Waals surface area contributed by atoms with E-state index in [0.717, 1.165) is 0 Å². The molecule has 1 rings (SSSR count). The molecule has 0 radical (unpaired) electrons. The molecule has 0 aliphatic heterocycles. The number of aromatic nitrogens is 1. The molecule has 0 aromatic carbocycles. The summed E-state index contributed by atoms with van der Waals surface area (Å²) in [4.78, 5) is 0. The van der Waals surface area contributed by atoms with Gasteiger partial charge in [-0.3, -0.25) is 0 Å². The van der Waals surface area contributed by atoms with Crippen molar-refractivity contribution in [2.24, 2.45) is 0 Å². The van der Waals surface area contributed by atoms with Gasteiger partial charge in [0.2, 0.25) is 0 Å². The number of pyridine rings is 1. The minimum Gasteiger partial charge on any atom is -1.00 e. The molecule has 0 N–H and O–H groups in total. The standard InChI is InChI=1S/C12H20N.HI/c1-2-3-4-5-7-10-13-11-8-6-9-12-13;/h6,8-9,11-12H,2-5,7,10H2,1H3;1H/q+1;/p-1. The normalized spacial score (nSPS) is 9.50. The van der Waals surface area contributed by atoms with Gasteiger partial charge >= 0.3 is 0 Å². The Balaban J connectivity index is 0.00000169. The summed E-state index contributed by atoms with van der Waals surface area (Å²) in [7, 11) is 0. The Morgan fingerprint density at radius 1 is 0.857 bits per heavy atom. The van der Waals surface area contributed by atoms with Crippen molar-refractivity contribution < 1.29 is 28.5 Å². The fraction of sp³-hybridized carbons (Fsp3) is 0.583. The molecule has 0 atom stereocenters. The molecular weight excluding hydrogens is 285 g/mol. The molecule has 1 heterocycles. The molecule has 0 saturated heterocycles. The van der Waals surface area contributed by atoms with E-state index in [9.17, 15) is 0 Å². The zero-order valence-corrected chi connectivity index (χ0v) is 11.1. The summed E-state index contributed by atoms with van der Waals surface area (Å²) >= 11 is 0. The molecule has 1 nitrogen and oxygen atoms in total. The molecule has 0 aliphatic rings. The van der Waals surface area contributed by atoms with Crippen molar-refractivity contribution in [3.05, 3.63) is 30.6 Å². The molecule has 0 bridgehead atoms. The first-order valence-corrected chi connectivity index (χ1v) is 5.37. The van der Waals surface area contributed by atoms with Gasteiger partial charge in [0.1, 0.15) is 6.54 Å². The molecule has 80 valence electrons. The van der Waals surface area contributed by atoms with E-state index in [-0.39, 0.29) is 24.0 Å². The summed E-state index contributed by atoms with van der Waals surface area (Å²) < 4.78 is 2.26. The average molecular weight is 305 g/mol. The minimum absolute atomic E-state index is 0. The van der Waals surface area contributed by atoms with Crippen LogP contribution >= 0.6 is 0 Å². The van der Waals surface area contributed by atoms with Crippen molar-refractivity contribution in [2.75, 3.05) is 0 Å². The lowest BCUT2D eigenvalue weighted by Crippen LogP contribution is -3.00. The van der Waals surface area contributed by atoms with Crippen LogP contribution in [-0.2, 0) is 6.54 Å². The molecular formula is C12H20IN. The lowest BCUT2D eigenvalue weighted by molar-refractivity contribution is -0.697. The highest BCUT2D eigenvalue weighted by Crippen LogP contribution is 2.01. The summed E-state index contributed by atoms with van der Waals surface area (Å²) in [5.74, 6) is 0. The highest BCUT2D eigenvalue weighted by molar-refractivity contribution is 4.83. The van der Waals surface area contributed by atoms with Gasteiger partial charge in [-0.1, -0.05) is 32.3 Å². The van der Waals surface area contributed by atoms with Crippen LogP contribution in [0.25, 0.3) is 0 Å². The predicted molar refractivity (Wildman–Crippen MR) is 55.4 cm³/mol. The van der Waals surface area contributed by atoms with E-state index in [0.29, 0.717) is 0 Å². The number of rotatable bonds is 6. The number of nitrogens with zero attached hydrogens (tertiary/aromatic N) is 1. The molecule has 1 aromatic rings. The van der Waals surface area contributed by atoms with Crippen molar-refractivity contribution in [3.8, 4) is 0 Å².